The molecule has 3 heterocycles. The summed E-state index contributed by atoms with van der Waals surface area (Å²) in [5.74, 6) is -0.630. The number of alkyl halides is 3. The standard InChI is InChI=1S/C33H50F3N5O2/c1-40-19-38-39-30(40)14-32(17-43-18-32)24-6-3-7-25(13-24)41-16-28-27(31(41)42)11-21(12-29(28)33(34,35)36)8-20-9-22-4-2-5-23(15-37)26(22)10-20/h20-30,38-39H,2-14,16-19H2,1H3. The first-order chi connectivity index (χ1) is 20.6. The van der Waals surface area contributed by atoms with Crippen molar-refractivity contribution in [1.29, 1.82) is 5.26 Å². The number of likely N-dealkylation sites (tertiary alicyclic amines) is 1. The van der Waals surface area contributed by atoms with Crippen LogP contribution in [0.3, 0.4) is 0 Å². The third kappa shape index (κ3) is 5.63. The Balaban J connectivity index is 1.03. The summed E-state index contributed by atoms with van der Waals surface area (Å²) in [5, 5.41) is 9.66. The van der Waals surface area contributed by atoms with Crippen molar-refractivity contribution < 1.29 is 22.7 Å². The normalized spacial score (nSPS) is 45.0. The zero-order chi connectivity index (χ0) is 29.9. The first-order valence-corrected chi connectivity index (χ1v) is 17.2. The topological polar surface area (TPSA) is 80.6 Å². The molecule has 7 nitrogen and oxygen atoms in total. The number of carbonyl (C=O) groups excluding carboxylic acids is 1. The molecule has 240 valence electrons. The van der Waals surface area contributed by atoms with Crippen LogP contribution >= 0.6 is 0 Å². The Morgan fingerprint density at radius 3 is 2.51 bits per heavy atom. The molecule has 0 aromatic rings. The first-order valence-electron chi connectivity index (χ1n) is 17.2. The smallest absolute Gasteiger partial charge is 0.380 e. The molecule has 4 aliphatic carbocycles. The van der Waals surface area contributed by atoms with Crippen molar-refractivity contribution in [3.63, 3.8) is 0 Å². The second kappa shape index (κ2) is 11.7. The van der Waals surface area contributed by atoms with Crippen LogP contribution in [0.5, 0.6) is 0 Å². The van der Waals surface area contributed by atoms with Crippen LogP contribution in [0.2, 0.25) is 0 Å². The van der Waals surface area contributed by atoms with E-state index in [1.54, 1.807) is 0 Å². The van der Waals surface area contributed by atoms with Crippen LogP contribution in [0.15, 0.2) is 0 Å². The number of nitrogens with zero attached hydrogens (tertiary/aromatic N) is 3. The summed E-state index contributed by atoms with van der Waals surface area (Å²) >= 11 is 0. The number of fused-ring (bicyclic) bond motifs is 2. The molecule has 11 unspecified atom stereocenters. The molecule has 7 fully saturated rings. The van der Waals surface area contributed by atoms with E-state index in [-0.39, 0.29) is 48.3 Å². The molecule has 0 spiro atoms. The molecule has 43 heavy (non-hydrogen) atoms. The van der Waals surface area contributed by atoms with Crippen molar-refractivity contribution in [3.05, 3.63) is 0 Å². The quantitative estimate of drug-likeness (QED) is 0.428. The van der Waals surface area contributed by atoms with Crippen LogP contribution in [0, 0.1) is 70.0 Å². The minimum absolute atomic E-state index is 0.000428. The fraction of sp³-hybridized carbons (Fsp3) is 0.939. The van der Waals surface area contributed by atoms with Gasteiger partial charge >= 0.3 is 6.18 Å². The van der Waals surface area contributed by atoms with E-state index in [1.165, 1.54) is 0 Å². The average Bonchev–Trinajstić information content (AvgIpc) is 3.66. The highest BCUT2D eigenvalue weighted by atomic mass is 19.4. The Morgan fingerprint density at radius 2 is 1.81 bits per heavy atom. The van der Waals surface area contributed by atoms with E-state index in [9.17, 15) is 23.2 Å². The zero-order valence-corrected chi connectivity index (χ0v) is 25.7. The van der Waals surface area contributed by atoms with Gasteiger partial charge < -0.3 is 9.64 Å². The molecule has 7 aliphatic rings. The van der Waals surface area contributed by atoms with Gasteiger partial charge in [-0.25, -0.2) is 10.9 Å². The number of nitrogens with one attached hydrogen (secondary N) is 2. The Hall–Kier alpha value is -1.41. The monoisotopic (exact) mass is 605 g/mol. The van der Waals surface area contributed by atoms with Crippen LogP contribution in [-0.2, 0) is 9.53 Å². The fourth-order valence-corrected chi connectivity index (χ4v) is 11.1. The maximum atomic E-state index is 14.6. The molecular weight excluding hydrogens is 555 g/mol. The van der Waals surface area contributed by atoms with Gasteiger partial charge in [-0.2, -0.15) is 18.4 Å². The van der Waals surface area contributed by atoms with Gasteiger partial charge in [-0.05, 0) is 107 Å². The molecule has 2 N–H and O–H groups in total. The number of amides is 1. The maximum absolute atomic E-state index is 14.6. The lowest BCUT2D eigenvalue weighted by Gasteiger charge is -2.52. The lowest BCUT2D eigenvalue weighted by Crippen LogP contribution is -2.56. The van der Waals surface area contributed by atoms with E-state index in [2.05, 4.69) is 28.9 Å². The number of hydrazine groups is 1. The molecule has 0 radical (unpaired) electrons. The summed E-state index contributed by atoms with van der Waals surface area (Å²) < 4.78 is 49.6. The zero-order valence-electron chi connectivity index (χ0n) is 25.7. The number of ether oxygens (including phenoxy) is 1. The van der Waals surface area contributed by atoms with Crippen molar-refractivity contribution in [1.82, 2.24) is 20.7 Å². The molecule has 0 aromatic carbocycles. The number of rotatable bonds is 6. The Labute approximate surface area is 254 Å². The fourth-order valence-electron chi connectivity index (χ4n) is 11.1. The molecule has 1 amide bonds. The molecule has 10 heteroatoms. The van der Waals surface area contributed by atoms with Crippen molar-refractivity contribution in [3.8, 4) is 6.07 Å². The largest absolute Gasteiger partial charge is 0.392 e. The van der Waals surface area contributed by atoms with Crippen molar-refractivity contribution >= 4 is 5.91 Å². The van der Waals surface area contributed by atoms with E-state index in [0.717, 1.165) is 90.5 Å². The highest BCUT2D eigenvalue weighted by Crippen LogP contribution is 2.56. The number of nitriles is 1. The predicted molar refractivity (Wildman–Crippen MR) is 155 cm³/mol. The van der Waals surface area contributed by atoms with Gasteiger partial charge in [0.2, 0.25) is 5.91 Å². The SMILES string of the molecule is CN1CNNC1CC1(C2CCCC(N3CC4C(CC(CC5CC6CCCC(C#N)C6C5)CC4C(F)(F)F)C3=O)C2)COC1. The Kier molecular flexibility index (Phi) is 8.27. The van der Waals surface area contributed by atoms with E-state index in [4.69, 9.17) is 4.74 Å². The summed E-state index contributed by atoms with van der Waals surface area (Å²) in [6.07, 6.45) is 7.68. The van der Waals surface area contributed by atoms with Gasteiger partial charge in [0.1, 0.15) is 0 Å². The predicted octanol–water partition coefficient (Wildman–Crippen LogP) is 5.29. The summed E-state index contributed by atoms with van der Waals surface area (Å²) in [7, 11) is 2.10. The van der Waals surface area contributed by atoms with Gasteiger partial charge in [-0.1, -0.05) is 19.3 Å². The number of hydrogen-bond acceptors (Lipinski definition) is 6. The second-order valence-electron chi connectivity index (χ2n) is 15.7. The van der Waals surface area contributed by atoms with Gasteiger partial charge in [0.25, 0.3) is 0 Å². The lowest BCUT2D eigenvalue weighted by molar-refractivity contribution is -0.204. The van der Waals surface area contributed by atoms with Gasteiger partial charge in [0.15, 0.2) is 0 Å². The molecular formula is C33H50F3N5O2. The first kappa shape index (κ1) is 30.3. The van der Waals surface area contributed by atoms with Gasteiger partial charge in [0, 0.05) is 29.8 Å². The number of carbonyl (C=O) groups is 1. The third-order valence-corrected chi connectivity index (χ3v) is 13.4. The van der Waals surface area contributed by atoms with Crippen LogP contribution in [-0.4, -0.2) is 67.6 Å². The minimum Gasteiger partial charge on any atom is -0.380 e. The molecule has 0 aromatic heterocycles. The second-order valence-corrected chi connectivity index (χ2v) is 15.7. The Morgan fingerprint density at radius 1 is 1.02 bits per heavy atom. The summed E-state index contributed by atoms with van der Waals surface area (Å²) in [4.78, 5) is 18.2. The van der Waals surface area contributed by atoms with Gasteiger partial charge in [-0.15, -0.1) is 0 Å². The van der Waals surface area contributed by atoms with Crippen molar-refractivity contribution in [2.75, 3.05) is 33.5 Å². The average molecular weight is 606 g/mol. The van der Waals surface area contributed by atoms with Crippen molar-refractivity contribution in [2.45, 2.75) is 102 Å². The van der Waals surface area contributed by atoms with E-state index < -0.39 is 23.9 Å². The van der Waals surface area contributed by atoms with Crippen molar-refractivity contribution in [2.24, 2.45) is 58.7 Å². The maximum Gasteiger partial charge on any atom is 0.392 e. The summed E-state index contributed by atoms with van der Waals surface area (Å²) in [5.41, 5.74) is 6.66. The lowest BCUT2D eigenvalue weighted by atomic mass is 9.64. The number of hydrogen-bond donors (Lipinski definition) is 2. The summed E-state index contributed by atoms with van der Waals surface area (Å²) in [6.45, 7) is 2.52. The molecule has 0 bridgehead atoms. The highest BCUT2D eigenvalue weighted by molar-refractivity contribution is 5.82. The minimum atomic E-state index is -4.27. The molecule has 11 atom stereocenters. The molecule has 4 saturated carbocycles. The van der Waals surface area contributed by atoms with Crippen LogP contribution in [0.1, 0.15) is 83.5 Å². The van der Waals surface area contributed by atoms with Crippen LogP contribution in [0.4, 0.5) is 13.2 Å². The molecule has 3 aliphatic heterocycles. The van der Waals surface area contributed by atoms with Crippen LogP contribution < -0.4 is 10.9 Å². The van der Waals surface area contributed by atoms with Gasteiger partial charge in [0.05, 0.1) is 38.0 Å². The highest BCUT2D eigenvalue weighted by Gasteiger charge is 2.59. The Bertz CT molecular complexity index is 1080. The van der Waals surface area contributed by atoms with E-state index in [0.29, 0.717) is 30.1 Å². The van der Waals surface area contributed by atoms with Gasteiger partial charge in [-0.3, -0.25) is 9.69 Å². The molecule has 7 rings (SSSR count). The molecule has 3 saturated heterocycles. The summed E-state index contributed by atoms with van der Waals surface area (Å²) in [6, 6.07) is 2.56. The number of halogens is 3. The van der Waals surface area contributed by atoms with Crippen LogP contribution in [0.25, 0.3) is 0 Å². The van der Waals surface area contributed by atoms with E-state index in [1.807, 2.05) is 4.90 Å². The third-order valence-electron chi connectivity index (χ3n) is 13.4. The van der Waals surface area contributed by atoms with E-state index >= 15 is 0 Å².